The van der Waals surface area contributed by atoms with Crippen molar-refractivity contribution in [2.45, 2.75) is 44.6 Å². The molecule has 7 heteroatoms. The van der Waals surface area contributed by atoms with Gasteiger partial charge >= 0.3 is 0 Å². The predicted molar refractivity (Wildman–Crippen MR) is 111 cm³/mol. The van der Waals surface area contributed by atoms with Gasteiger partial charge in [-0.3, -0.25) is 4.18 Å². The van der Waals surface area contributed by atoms with Gasteiger partial charge in [-0.15, -0.1) is 0 Å². The highest BCUT2D eigenvalue weighted by molar-refractivity contribution is 7.85. The molecule has 0 atom stereocenters. The van der Waals surface area contributed by atoms with Crippen molar-refractivity contribution >= 4 is 10.1 Å². The molecule has 0 aliphatic heterocycles. The largest absolute Gasteiger partial charge is 0.334 e. The Morgan fingerprint density at radius 3 is 2.28 bits per heavy atom. The predicted octanol–water partition coefficient (Wildman–Crippen LogP) is 4.93. The van der Waals surface area contributed by atoms with Gasteiger partial charge in [-0.05, 0) is 42.0 Å². The van der Waals surface area contributed by atoms with Gasteiger partial charge in [0.05, 0.1) is 12.9 Å². The van der Waals surface area contributed by atoms with Gasteiger partial charge in [0.2, 0.25) is 5.82 Å². The Morgan fingerprint density at radius 1 is 0.966 bits per heavy atom. The van der Waals surface area contributed by atoms with E-state index in [4.69, 9.17) is 8.71 Å². The molecule has 0 amide bonds. The lowest BCUT2D eigenvalue weighted by Gasteiger charge is -2.21. The summed E-state index contributed by atoms with van der Waals surface area (Å²) in [6.45, 7) is 0.00392. The lowest BCUT2D eigenvalue weighted by Crippen LogP contribution is -2.04. The van der Waals surface area contributed by atoms with E-state index in [1.807, 2.05) is 24.3 Å². The van der Waals surface area contributed by atoms with E-state index < -0.39 is 10.1 Å². The SMILES string of the molecule is CS(=O)(=O)OCc1ccc(-c2noc(-c3ccc(C4CCCCC4)cc3)n2)cc1. The lowest BCUT2D eigenvalue weighted by molar-refractivity contribution is 0.311. The van der Waals surface area contributed by atoms with Crippen LogP contribution < -0.4 is 0 Å². The molecule has 1 aromatic heterocycles. The Kier molecular flexibility index (Phi) is 5.78. The van der Waals surface area contributed by atoms with Crippen LogP contribution in [-0.2, 0) is 20.9 Å². The molecular formula is C22H24N2O4S. The number of hydrogen-bond acceptors (Lipinski definition) is 6. The second-order valence-corrected chi connectivity index (χ2v) is 9.19. The van der Waals surface area contributed by atoms with Crippen LogP contribution in [0.1, 0.15) is 49.1 Å². The summed E-state index contributed by atoms with van der Waals surface area (Å²) in [7, 11) is -3.46. The fourth-order valence-electron chi connectivity index (χ4n) is 3.72. The van der Waals surface area contributed by atoms with Crippen molar-refractivity contribution in [2.24, 2.45) is 0 Å². The molecule has 152 valence electrons. The van der Waals surface area contributed by atoms with Crippen LogP contribution >= 0.6 is 0 Å². The minimum absolute atomic E-state index is 0.00392. The van der Waals surface area contributed by atoms with Crippen molar-refractivity contribution in [1.29, 1.82) is 0 Å². The molecule has 0 spiro atoms. The third kappa shape index (κ3) is 5.10. The van der Waals surface area contributed by atoms with Gasteiger partial charge in [-0.25, -0.2) is 0 Å². The topological polar surface area (TPSA) is 82.3 Å². The van der Waals surface area contributed by atoms with E-state index in [0.717, 1.165) is 22.9 Å². The van der Waals surface area contributed by atoms with Crippen LogP contribution in [0.15, 0.2) is 53.1 Å². The molecule has 4 rings (SSSR count). The second kappa shape index (κ2) is 8.47. The molecule has 1 fully saturated rings. The van der Waals surface area contributed by atoms with E-state index in [2.05, 4.69) is 22.3 Å². The van der Waals surface area contributed by atoms with Gasteiger partial charge < -0.3 is 4.52 Å². The first-order chi connectivity index (χ1) is 14.0. The van der Waals surface area contributed by atoms with Gasteiger partial charge in [-0.2, -0.15) is 13.4 Å². The molecule has 0 N–H and O–H groups in total. The van der Waals surface area contributed by atoms with Crippen molar-refractivity contribution in [3.05, 3.63) is 59.7 Å². The summed E-state index contributed by atoms with van der Waals surface area (Å²) >= 11 is 0. The number of aromatic nitrogens is 2. The Labute approximate surface area is 171 Å². The molecule has 1 aliphatic rings. The maximum Gasteiger partial charge on any atom is 0.264 e. The van der Waals surface area contributed by atoms with Crippen LogP contribution in [0.25, 0.3) is 22.8 Å². The van der Waals surface area contributed by atoms with E-state index in [-0.39, 0.29) is 6.61 Å². The lowest BCUT2D eigenvalue weighted by atomic mass is 9.84. The van der Waals surface area contributed by atoms with Crippen molar-refractivity contribution in [1.82, 2.24) is 10.1 Å². The Balaban J connectivity index is 1.45. The van der Waals surface area contributed by atoms with Crippen LogP contribution in [0, 0.1) is 0 Å². The highest BCUT2D eigenvalue weighted by atomic mass is 32.2. The van der Waals surface area contributed by atoms with Crippen molar-refractivity contribution in [3.8, 4) is 22.8 Å². The number of nitrogens with zero attached hydrogens (tertiary/aromatic N) is 2. The normalized spacial score (nSPS) is 15.5. The molecule has 1 aliphatic carbocycles. The molecule has 0 radical (unpaired) electrons. The van der Waals surface area contributed by atoms with E-state index in [9.17, 15) is 8.42 Å². The Morgan fingerprint density at radius 2 is 1.62 bits per heavy atom. The minimum Gasteiger partial charge on any atom is -0.334 e. The third-order valence-corrected chi connectivity index (χ3v) is 5.86. The van der Waals surface area contributed by atoms with Crippen LogP contribution in [0.2, 0.25) is 0 Å². The van der Waals surface area contributed by atoms with Gasteiger partial charge in [0, 0.05) is 11.1 Å². The summed E-state index contributed by atoms with van der Waals surface area (Å²) < 4.78 is 32.4. The van der Waals surface area contributed by atoms with Crippen LogP contribution in [0.3, 0.4) is 0 Å². The molecule has 6 nitrogen and oxygen atoms in total. The van der Waals surface area contributed by atoms with Gasteiger partial charge in [0.25, 0.3) is 16.0 Å². The van der Waals surface area contributed by atoms with Crippen molar-refractivity contribution < 1.29 is 17.1 Å². The minimum atomic E-state index is -3.46. The third-order valence-electron chi connectivity index (χ3n) is 5.31. The molecule has 1 heterocycles. The summed E-state index contributed by atoms with van der Waals surface area (Å²) in [5.41, 5.74) is 3.84. The average molecular weight is 413 g/mol. The first kappa shape index (κ1) is 19.8. The molecule has 0 saturated heterocycles. The average Bonchev–Trinajstić information content (AvgIpc) is 3.23. The zero-order valence-electron chi connectivity index (χ0n) is 16.4. The van der Waals surface area contributed by atoms with E-state index >= 15 is 0 Å². The molecule has 0 unspecified atom stereocenters. The summed E-state index contributed by atoms with van der Waals surface area (Å²) in [4.78, 5) is 4.50. The van der Waals surface area contributed by atoms with Gasteiger partial charge in [0.1, 0.15) is 0 Å². The zero-order chi connectivity index (χ0) is 20.3. The van der Waals surface area contributed by atoms with Crippen LogP contribution in [-0.4, -0.2) is 24.8 Å². The fourth-order valence-corrected chi connectivity index (χ4v) is 4.07. The van der Waals surface area contributed by atoms with E-state index in [0.29, 0.717) is 17.6 Å². The maximum absolute atomic E-state index is 11.1. The van der Waals surface area contributed by atoms with Gasteiger partial charge in [-0.1, -0.05) is 60.8 Å². The standard InChI is InChI=1S/C22H24N2O4S/c1-29(25,26)27-15-16-7-9-19(10-8-16)21-23-22(28-24-21)20-13-11-18(12-14-20)17-5-3-2-4-6-17/h7-14,17H,2-6,15H2,1H3. The quantitative estimate of drug-likeness (QED) is 0.534. The Bertz CT molecular complexity index is 1050. The van der Waals surface area contributed by atoms with E-state index in [1.165, 1.54) is 37.7 Å². The first-order valence-corrected chi connectivity index (χ1v) is 11.7. The molecular weight excluding hydrogens is 388 g/mol. The molecule has 0 bridgehead atoms. The molecule has 2 aromatic carbocycles. The highest BCUT2D eigenvalue weighted by Crippen LogP contribution is 2.33. The van der Waals surface area contributed by atoms with Gasteiger partial charge in [0.15, 0.2) is 0 Å². The second-order valence-electron chi connectivity index (χ2n) is 7.54. The smallest absolute Gasteiger partial charge is 0.264 e. The molecule has 3 aromatic rings. The highest BCUT2D eigenvalue weighted by Gasteiger charge is 2.16. The summed E-state index contributed by atoms with van der Waals surface area (Å²) in [6.07, 6.45) is 7.57. The Hall–Kier alpha value is -2.51. The molecule has 1 saturated carbocycles. The molecule has 29 heavy (non-hydrogen) atoms. The zero-order valence-corrected chi connectivity index (χ0v) is 17.2. The monoisotopic (exact) mass is 412 g/mol. The van der Waals surface area contributed by atoms with Crippen LogP contribution in [0.5, 0.6) is 0 Å². The summed E-state index contributed by atoms with van der Waals surface area (Å²) in [5.74, 6) is 1.65. The van der Waals surface area contributed by atoms with Crippen molar-refractivity contribution in [2.75, 3.05) is 6.26 Å². The summed E-state index contributed by atoms with van der Waals surface area (Å²) in [6, 6.07) is 15.7. The number of rotatable bonds is 6. The fraction of sp³-hybridized carbons (Fsp3) is 0.364. The number of benzene rings is 2. The summed E-state index contributed by atoms with van der Waals surface area (Å²) in [5, 5.41) is 4.08. The van der Waals surface area contributed by atoms with Crippen molar-refractivity contribution in [3.63, 3.8) is 0 Å². The maximum atomic E-state index is 11.1. The first-order valence-electron chi connectivity index (χ1n) is 9.86. The van der Waals surface area contributed by atoms with Crippen LogP contribution in [0.4, 0.5) is 0 Å². The van der Waals surface area contributed by atoms with E-state index in [1.54, 1.807) is 12.1 Å². The number of hydrogen-bond donors (Lipinski definition) is 0.